The van der Waals surface area contributed by atoms with E-state index in [0.29, 0.717) is 19.8 Å². The second-order valence-electron chi connectivity index (χ2n) is 4.17. The Kier molecular flexibility index (Phi) is 5.81. The fourth-order valence-electron chi connectivity index (χ4n) is 1.90. The summed E-state index contributed by atoms with van der Waals surface area (Å²) in [6, 6.07) is -0.0606. The molecule has 0 amide bonds. The van der Waals surface area contributed by atoms with Gasteiger partial charge in [0, 0.05) is 20.2 Å². The molecule has 6 nitrogen and oxygen atoms in total. The van der Waals surface area contributed by atoms with E-state index in [2.05, 4.69) is 0 Å². The Morgan fingerprint density at radius 2 is 2.18 bits per heavy atom. The normalized spacial score (nSPS) is 25.6. The first-order valence-corrected chi connectivity index (χ1v) is 7.45. The maximum Gasteiger partial charge on any atom is 0.216 e. The zero-order valence-electron chi connectivity index (χ0n) is 10.5. The first kappa shape index (κ1) is 14.8. The van der Waals surface area contributed by atoms with E-state index < -0.39 is 10.0 Å². The van der Waals surface area contributed by atoms with E-state index in [0.717, 1.165) is 6.42 Å². The van der Waals surface area contributed by atoms with Gasteiger partial charge < -0.3 is 15.2 Å². The van der Waals surface area contributed by atoms with E-state index in [1.807, 2.05) is 6.92 Å². The molecule has 7 heteroatoms. The van der Waals surface area contributed by atoms with Crippen molar-refractivity contribution in [2.45, 2.75) is 25.5 Å². The molecular weight excluding hydrogens is 244 g/mol. The van der Waals surface area contributed by atoms with E-state index in [-0.39, 0.29) is 24.5 Å². The van der Waals surface area contributed by atoms with Crippen LogP contribution in [0, 0.1) is 0 Å². The van der Waals surface area contributed by atoms with Gasteiger partial charge in [0.25, 0.3) is 0 Å². The smallest absolute Gasteiger partial charge is 0.216 e. The van der Waals surface area contributed by atoms with Crippen LogP contribution >= 0.6 is 0 Å². The highest BCUT2D eigenvalue weighted by Crippen LogP contribution is 2.20. The highest BCUT2D eigenvalue weighted by Gasteiger charge is 2.34. The van der Waals surface area contributed by atoms with Crippen molar-refractivity contribution >= 4 is 10.0 Å². The Bertz CT molecular complexity index is 320. The van der Waals surface area contributed by atoms with Crippen molar-refractivity contribution in [2.75, 3.05) is 39.2 Å². The second kappa shape index (κ2) is 6.65. The molecule has 0 aromatic rings. The van der Waals surface area contributed by atoms with Crippen LogP contribution in [0.3, 0.4) is 0 Å². The van der Waals surface area contributed by atoms with Gasteiger partial charge in [-0.05, 0) is 13.3 Å². The molecule has 2 N–H and O–H groups in total. The predicted molar refractivity (Wildman–Crippen MR) is 65.2 cm³/mol. The molecule has 1 saturated heterocycles. The molecule has 1 aliphatic rings. The van der Waals surface area contributed by atoms with Crippen LogP contribution in [0.5, 0.6) is 0 Å². The molecule has 1 rings (SSSR count). The Labute approximate surface area is 103 Å². The summed E-state index contributed by atoms with van der Waals surface area (Å²) >= 11 is 0. The highest BCUT2D eigenvalue weighted by atomic mass is 32.2. The number of nitrogens with zero attached hydrogens (tertiary/aromatic N) is 1. The maximum atomic E-state index is 12.0. The van der Waals surface area contributed by atoms with Crippen molar-refractivity contribution in [3.05, 3.63) is 0 Å². The highest BCUT2D eigenvalue weighted by molar-refractivity contribution is 7.89. The molecular formula is C10H22N2O4S. The third-order valence-corrected chi connectivity index (χ3v) is 4.82. The van der Waals surface area contributed by atoms with Gasteiger partial charge in [-0.1, -0.05) is 0 Å². The number of hydrogen-bond donors (Lipinski definition) is 1. The molecule has 0 aliphatic carbocycles. The number of rotatable bonds is 7. The molecule has 0 spiro atoms. The van der Waals surface area contributed by atoms with E-state index in [4.69, 9.17) is 15.2 Å². The van der Waals surface area contributed by atoms with Gasteiger partial charge in [-0.3, -0.25) is 0 Å². The second-order valence-corrected chi connectivity index (χ2v) is 6.31. The maximum absolute atomic E-state index is 12.0. The third-order valence-electron chi connectivity index (χ3n) is 2.99. The van der Waals surface area contributed by atoms with E-state index >= 15 is 0 Å². The van der Waals surface area contributed by atoms with E-state index in [1.54, 1.807) is 7.05 Å². The van der Waals surface area contributed by atoms with Crippen molar-refractivity contribution in [3.63, 3.8) is 0 Å². The molecule has 2 atom stereocenters. The van der Waals surface area contributed by atoms with Gasteiger partial charge in [0.05, 0.1) is 31.1 Å². The van der Waals surface area contributed by atoms with Gasteiger partial charge in [0.15, 0.2) is 0 Å². The van der Waals surface area contributed by atoms with Gasteiger partial charge >= 0.3 is 0 Å². The Hall–Kier alpha value is -0.210. The number of sulfonamides is 1. The monoisotopic (exact) mass is 266 g/mol. The molecule has 0 aromatic carbocycles. The molecule has 1 heterocycles. The lowest BCUT2D eigenvalue weighted by molar-refractivity contribution is 0.101. The van der Waals surface area contributed by atoms with Gasteiger partial charge in [-0.15, -0.1) is 0 Å². The van der Waals surface area contributed by atoms with Crippen LogP contribution in [0.15, 0.2) is 0 Å². The number of ether oxygens (including phenoxy) is 2. The van der Waals surface area contributed by atoms with Crippen LogP contribution < -0.4 is 5.73 Å². The Morgan fingerprint density at radius 1 is 1.47 bits per heavy atom. The van der Waals surface area contributed by atoms with Crippen LogP contribution in [-0.2, 0) is 19.5 Å². The van der Waals surface area contributed by atoms with Crippen molar-refractivity contribution in [2.24, 2.45) is 5.73 Å². The average Bonchev–Trinajstić information content (AvgIpc) is 2.70. The van der Waals surface area contributed by atoms with Gasteiger partial charge in [0.2, 0.25) is 10.0 Å². The van der Waals surface area contributed by atoms with Crippen LogP contribution in [0.1, 0.15) is 13.3 Å². The largest absolute Gasteiger partial charge is 0.379 e. The molecule has 17 heavy (non-hydrogen) atoms. The zero-order chi connectivity index (χ0) is 12.9. The molecule has 0 aromatic heterocycles. The summed E-state index contributed by atoms with van der Waals surface area (Å²) in [7, 11) is -1.66. The lowest BCUT2D eigenvalue weighted by Crippen LogP contribution is -2.42. The minimum atomic E-state index is -3.27. The third kappa shape index (κ3) is 4.18. The predicted octanol–water partition coefficient (Wildman–Crippen LogP) is -0.599. The lowest BCUT2D eigenvalue weighted by atomic mass is 10.2. The summed E-state index contributed by atoms with van der Waals surface area (Å²) in [6.07, 6.45) is 0.709. The van der Waals surface area contributed by atoms with Crippen LogP contribution in [-0.4, -0.2) is 64.0 Å². The van der Waals surface area contributed by atoms with Crippen molar-refractivity contribution in [3.8, 4) is 0 Å². The Balaban J connectivity index is 2.45. The first-order chi connectivity index (χ1) is 7.99. The fourth-order valence-corrected chi connectivity index (χ4v) is 3.20. The quantitative estimate of drug-likeness (QED) is 0.622. The number of likely N-dealkylation sites (N-methyl/N-ethyl adjacent to an activating group) is 1. The van der Waals surface area contributed by atoms with E-state index in [1.165, 1.54) is 4.31 Å². The van der Waals surface area contributed by atoms with Gasteiger partial charge in [-0.25, -0.2) is 8.42 Å². The lowest BCUT2D eigenvalue weighted by Gasteiger charge is -2.25. The zero-order valence-corrected chi connectivity index (χ0v) is 11.3. The van der Waals surface area contributed by atoms with Crippen LogP contribution in [0.4, 0.5) is 0 Å². The summed E-state index contributed by atoms with van der Waals surface area (Å²) < 4.78 is 35.9. The molecule has 0 radical (unpaired) electrons. The standard InChI is InChI=1S/C10H22N2O4S/c1-9-10(3-5-16-9)12(2)17(13,14)8-7-15-6-4-11/h9-10H,3-8,11H2,1-2H3. The fraction of sp³-hybridized carbons (Fsp3) is 1.00. The van der Waals surface area contributed by atoms with Gasteiger partial charge in [-0.2, -0.15) is 4.31 Å². The van der Waals surface area contributed by atoms with Crippen LogP contribution in [0.25, 0.3) is 0 Å². The first-order valence-electron chi connectivity index (χ1n) is 5.84. The summed E-state index contributed by atoms with van der Waals surface area (Å²) in [6.45, 7) is 3.50. The summed E-state index contributed by atoms with van der Waals surface area (Å²) in [4.78, 5) is 0. The summed E-state index contributed by atoms with van der Waals surface area (Å²) in [5.41, 5.74) is 5.25. The van der Waals surface area contributed by atoms with E-state index in [9.17, 15) is 8.42 Å². The minimum absolute atomic E-state index is 0.00722. The van der Waals surface area contributed by atoms with Crippen LogP contribution in [0.2, 0.25) is 0 Å². The molecule has 2 unspecified atom stereocenters. The van der Waals surface area contributed by atoms with Crippen molar-refractivity contribution < 1.29 is 17.9 Å². The summed E-state index contributed by atoms with van der Waals surface area (Å²) in [5, 5.41) is 0. The molecule has 1 fully saturated rings. The summed E-state index contributed by atoms with van der Waals surface area (Å²) in [5.74, 6) is -0.00722. The molecule has 102 valence electrons. The van der Waals surface area contributed by atoms with Crippen molar-refractivity contribution in [1.29, 1.82) is 0 Å². The number of hydrogen-bond acceptors (Lipinski definition) is 5. The van der Waals surface area contributed by atoms with Crippen molar-refractivity contribution in [1.82, 2.24) is 4.31 Å². The average molecular weight is 266 g/mol. The Morgan fingerprint density at radius 3 is 2.71 bits per heavy atom. The molecule has 0 bridgehead atoms. The molecule has 0 saturated carbocycles. The van der Waals surface area contributed by atoms with Gasteiger partial charge in [0.1, 0.15) is 0 Å². The minimum Gasteiger partial charge on any atom is -0.379 e. The number of nitrogens with two attached hydrogens (primary N) is 1. The topological polar surface area (TPSA) is 81.9 Å². The molecule has 1 aliphatic heterocycles. The SMILES string of the molecule is CC1OCCC1N(C)S(=O)(=O)CCOCCN.